The molecule has 1 aromatic carbocycles. The van der Waals surface area contributed by atoms with Gasteiger partial charge in [0.1, 0.15) is 0 Å². The van der Waals surface area contributed by atoms with Crippen LogP contribution in [0.4, 0.5) is 4.79 Å². The van der Waals surface area contributed by atoms with Crippen LogP contribution in [-0.2, 0) is 6.54 Å². The molecule has 3 heterocycles. The Hall–Kier alpha value is -2.83. The first-order valence-electron chi connectivity index (χ1n) is 9.53. The van der Waals surface area contributed by atoms with Crippen molar-refractivity contribution in [2.45, 2.75) is 32.4 Å². The molecule has 2 aromatic rings. The van der Waals surface area contributed by atoms with Gasteiger partial charge in [0.25, 0.3) is 5.91 Å². The van der Waals surface area contributed by atoms with E-state index < -0.39 is 0 Å². The maximum Gasteiger partial charge on any atom is 0.317 e. The molecular weight excluding hydrogens is 342 g/mol. The Balaban J connectivity index is 1.47. The predicted octanol–water partition coefficient (Wildman–Crippen LogP) is 1.87. The smallest absolute Gasteiger partial charge is 0.317 e. The molecule has 2 aliphatic heterocycles. The third-order valence-electron chi connectivity index (χ3n) is 5.52. The fourth-order valence-electron chi connectivity index (χ4n) is 3.97. The van der Waals surface area contributed by atoms with Crippen molar-refractivity contribution in [3.05, 3.63) is 53.3 Å². The molecule has 7 nitrogen and oxygen atoms in total. The predicted molar refractivity (Wildman–Crippen MR) is 102 cm³/mol. The van der Waals surface area contributed by atoms with Gasteiger partial charge in [0.05, 0.1) is 24.3 Å². The van der Waals surface area contributed by atoms with Gasteiger partial charge in [-0.2, -0.15) is 5.10 Å². The van der Waals surface area contributed by atoms with Gasteiger partial charge < -0.3 is 15.1 Å². The monoisotopic (exact) mass is 367 g/mol. The zero-order chi connectivity index (χ0) is 18.8. The number of amides is 3. The molecule has 142 valence electrons. The summed E-state index contributed by atoms with van der Waals surface area (Å²) in [5.41, 5.74) is 2.68. The molecule has 0 radical (unpaired) electrons. The zero-order valence-electron chi connectivity index (χ0n) is 15.6. The first-order chi connectivity index (χ1) is 13.1. The molecule has 3 amide bonds. The minimum absolute atomic E-state index is 0.0103. The number of hydrogen-bond donors (Lipinski definition) is 1. The zero-order valence-corrected chi connectivity index (χ0v) is 15.6. The quantitative estimate of drug-likeness (QED) is 0.897. The van der Waals surface area contributed by atoms with Crippen LogP contribution in [0, 0.1) is 6.92 Å². The minimum atomic E-state index is -0.0128. The van der Waals surface area contributed by atoms with Gasteiger partial charge in [-0.1, -0.05) is 30.3 Å². The van der Waals surface area contributed by atoms with Gasteiger partial charge in [-0.15, -0.1) is 0 Å². The van der Waals surface area contributed by atoms with Crippen LogP contribution in [0.2, 0.25) is 0 Å². The van der Waals surface area contributed by atoms with Crippen LogP contribution in [0.1, 0.15) is 34.5 Å². The second-order valence-corrected chi connectivity index (χ2v) is 7.26. The molecule has 1 atom stereocenters. The highest BCUT2D eigenvalue weighted by molar-refractivity contribution is 5.95. The number of aromatic nitrogens is 2. The second kappa shape index (κ2) is 7.42. The van der Waals surface area contributed by atoms with E-state index in [0.717, 1.165) is 37.2 Å². The SMILES string of the molecule is Cc1c(C(=O)N2CCCC(N3CCNC3=O)C2)cnn1Cc1ccccc1. The van der Waals surface area contributed by atoms with E-state index in [-0.39, 0.29) is 18.0 Å². The van der Waals surface area contributed by atoms with Gasteiger partial charge in [-0.3, -0.25) is 9.48 Å². The highest BCUT2D eigenvalue weighted by Gasteiger charge is 2.33. The van der Waals surface area contributed by atoms with Crippen LogP contribution in [0.5, 0.6) is 0 Å². The Morgan fingerprint density at radius 1 is 1.26 bits per heavy atom. The summed E-state index contributed by atoms with van der Waals surface area (Å²) in [4.78, 5) is 28.8. The van der Waals surface area contributed by atoms with E-state index in [1.807, 2.05) is 39.6 Å². The first kappa shape index (κ1) is 17.6. The number of carbonyl (C=O) groups is 2. The van der Waals surface area contributed by atoms with Gasteiger partial charge in [0.2, 0.25) is 0 Å². The van der Waals surface area contributed by atoms with Gasteiger partial charge in [-0.05, 0) is 25.3 Å². The lowest BCUT2D eigenvalue weighted by Crippen LogP contribution is -2.50. The number of hydrogen-bond acceptors (Lipinski definition) is 3. The topological polar surface area (TPSA) is 70.5 Å². The van der Waals surface area contributed by atoms with Gasteiger partial charge in [0.15, 0.2) is 0 Å². The molecular formula is C20H25N5O2. The molecule has 4 rings (SSSR count). The van der Waals surface area contributed by atoms with E-state index in [1.165, 1.54) is 0 Å². The van der Waals surface area contributed by atoms with Crippen molar-refractivity contribution >= 4 is 11.9 Å². The summed E-state index contributed by atoms with van der Waals surface area (Å²) in [5, 5.41) is 7.28. The van der Waals surface area contributed by atoms with E-state index in [9.17, 15) is 9.59 Å². The van der Waals surface area contributed by atoms with E-state index >= 15 is 0 Å². The number of carbonyl (C=O) groups excluding carboxylic acids is 2. The van der Waals surface area contributed by atoms with Gasteiger partial charge in [0, 0.05) is 31.9 Å². The summed E-state index contributed by atoms with van der Waals surface area (Å²) < 4.78 is 1.87. The Morgan fingerprint density at radius 2 is 2.07 bits per heavy atom. The number of nitrogens with one attached hydrogen (secondary N) is 1. The van der Waals surface area contributed by atoms with E-state index in [2.05, 4.69) is 22.5 Å². The molecule has 0 saturated carbocycles. The molecule has 27 heavy (non-hydrogen) atoms. The van der Waals surface area contributed by atoms with E-state index in [0.29, 0.717) is 25.2 Å². The van der Waals surface area contributed by atoms with Crippen molar-refractivity contribution < 1.29 is 9.59 Å². The standard InChI is InChI=1S/C20H25N5O2/c1-15-18(12-22-25(15)13-16-6-3-2-4-7-16)19(26)23-10-5-8-17(14-23)24-11-9-21-20(24)27/h2-4,6-7,12,17H,5,8-11,13-14H2,1H3,(H,21,27). The molecule has 2 saturated heterocycles. The average Bonchev–Trinajstić information content (AvgIpc) is 3.28. The normalized spacial score (nSPS) is 20.0. The van der Waals surface area contributed by atoms with Crippen molar-refractivity contribution in [3.63, 3.8) is 0 Å². The number of benzene rings is 1. The molecule has 2 aliphatic rings. The first-order valence-corrected chi connectivity index (χ1v) is 9.53. The molecule has 0 spiro atoms. The number of piperidine rings is 1. The lowest BCUT2D eigenvalue weighted by atomic mass is 10.0. The largest absolute Gasteiger partial charge is 0.336 e. The van der Waals surface area contributed by atoms with Gasteiger partial charge >= 0.3 is 6.03 Å². The number of likely N-dealkylation sites (tertiary alicyclic amines) is 1. The summed E-state index contributed by atoms with van der Waals surface area (Å²) in [7, 11) is 0. The molecule has 7 heteroatoms. The summed E-state index contributed by atoms with van der Waals surface area (Å²) in [6.07, 6.45) is 3.54. The molecule has 1 aromatic heterocycles. The maximum absolute atomic E-state index is 13.1. The second-order valence-electron chi connectivity index (χ2n) is 7.26. The van der Waals surface area contributed by atoms with E-state index in [1.54, 1.807) is 6.20 Å². The van der Waals surface area contributed by atoms with E-state index in [4.69, 9.17) is 0 Å². The summed E-state index contributed by atoms with van der Waals surface area (Å²) in [6.45, 7) is 5.33. The van der Waals surface area contributed by atoms with Crippen LogP contribution >= 0.6 is 0 Å². The Labute approximate surface area is 158 Å². The van der Waals surface area contributed by atoms with Crippen molar-refractivity contribution in [3.8, 4) is 0 Å². The third-order valence-corrected chi connectivity index (χ3v) is 5.52. The number of urea groups is 1. The fraction of sp³-hybridized carbons (Fsp3) is 0.450. The van der Waals surface area contributed by atoms with Crippen molar-refractivity contribution in [1.82, 2.24) is 24.9 Å². The molecule has 0 bridgehead atoms. The van der Waals surface area contributed by atoms with Crippen LogP contribution < -0.4 is 5.32 Å². The van der Waals surface area contributed by atoms with Crippen LogP contribution in [0.25, 0.3) is 0 Å². The summed E-state index contributed by atoms with van der Waals surface area (Å²) >= 11 is 0. The highest BCUT2D eigenvalue weighted by atomic mass is 16.2. The van der Waals surface area contributed by atoms with Crippen molar-refractivity contribution in [2.75, 3.05) is 26.2 Å². The lowest BCUT2D eigenvalue weighted by molar-refractivity contribution is 0.0633. The lowest BCUT2D eigenvalue weighted by Gasteiger charge is -2.37. The van der Waals surface area contributed by atoms with Crippen LogP contribution in [0.15, 0.2) is 36.5 Å². The number of nitrogens with zero attached hydrogens (tertiary/aromatic N) is 4. The Kier molecular flexibility index (Phi) is 4.83. The highest BCUT2D eigenvalue weighted by Crippen LogP contribution is 2.21. The average molecular weight is 367 g/mol. The molecule has 0 aliphatic carbocycles. The third kappa shape index (κ3) is 3.54. The molecule has 2 fully saturated rings. The van der Waals surface area contributed by atoms with Crippen LogP contribution in [-0.4, -0.2) is 63.7 Å². The Morgan fingerprint density at radius 3 is 2.81 bits per heavy atom. The number of rotatable bonds is 4. The minimum Gasteiger partial charge on any atom is -0.336 e. The molecule has 1 N–H and O–H groups in total. The Bertz CT molecular complexity index is 832. The summed E-state index contributed by atoms with van der Waals surface area (Å²) in [6, 6.07) is 10.2. The van der Waals surface area contributed by atoms with Crippen molar-refractivity contribution in [1.29, 1.82) is 0 Å². The van der Waals surface area contributed by atoms with Gasteiger partial charge in [-0.25, -0.2) is 4.79 Å². The fourth-order valence-corrected chi connectivity index (χ4v) is 3.97. The summed E-state index contributed by atoms with van der Waals surface area (Å²) in [5.74, 6) is 0.0103. The molecule has 1 unspecified atom stereocenters. The van der Waals surface area contributed by atoms with Crippen LogP contribution in [0.3, 0.4) is 0 Å². The maximum atomic E-state index is 13.1. The van der Waals surface area contributed by atoms with Crippen molar-refractivity contribution in [2.24, 2.45) is 0 Å².